The van der Waals surface area contributed by atoms with Crippen LogP contribution in [0.3, 0.4) is 0 Å². The predicted molar refractivity (Wildman–Crippen MR) is 66.6 cm³/mol. The third-order valence-electron chi connectivity index (χ3n) is 2.69. The average molecular weight is 238 g/mol. The van der Waals surface area contributed by atoms with Crippen LogP contribution in [-0.2, 0) is 6.54 Å². The molecule has 4 heteroatoms. The van der Waals surface area contributed by atoms with Gasteiger partial charge in [0.15, 0.2) is 0 Å². The van der Waals surface area contributed by atoms with Gasteiger partial charge in [-0.1, -0.05) is 6.08 Å². The molecule has 1 fully saturated rings. The summed E-state index contributed by atoms with van der Waals surface area (Å²) < 4.78 is 0. The summed E-state index contributed by atoms with van der Waals surface area (Å²) in [4.78, 5) is 6.79. The minimum atomic E-state index is 0.188. The number of hydrogen-bond donors (Lipinski definition) is 1. The fourth-order valence-corrected chi connectivity index (χ4v) is 2.68. The first-order chi connectivity index (χ1) is 7.83. The first kappa shape index (κ1) is 11.8. The van der Waals surface area contributed by atoms with Crippen molar-refractivity contribution in [1.29, 1.82) is 0 Å². The monoisotopic (exact) mass is 238 g/mol. The predicted octanol–water partition coefficient (Wildman–Crippen LogP) is 2.00. The fourth-order valence-electron chi connectivity index (χ4n) is 1.70. The Morgan fingerprint density at radius 1 is 1.62 bits per heavy atom. The van der Waals surface area contributed by atoms with Crippen LogP contribution in [0, 0.1) is 0 Å². The Morgan fingerprint density at radius 2 is 2.44 bits per heavy atom. The molecule has 1 aliphatic rings. The van der Waals surface area contributed by atoms with E-state index in [-0.39, 0.29) is 6.61 Å². The molecular formula is C12H18N2OS. The molecule has 1 aromatic heterocycles. The normalized spacial score (nSPS) is 15.6. The molecule has 0 atom stereocenters. The molecule has 0 bridgehead atoms. The lowest BCUT2D eigenvalue weighted by molar-refractivity contribution is 0.202. The molecular weight excluding hydrogens is 220 g/mol. The fraction of sp³-hybridized carbons (Fsp3) is 0.583. The molecule has 16 heavy (non-hydrogen) atoms. The minimum Gasteiger partial charge on any atom is -0.395 e. The zero-order chi connectivity index (χ0) is 11.4. The summed E-state index contributed by atoms with van der Waals surface area (Å²) in [6.45, 7) is 6.22. The van der Waals surface area contributed by atoms with Crippen molar-refractivity contribution in [1.82, 2.24) is 9.88 Å². The second kappa shape index (κ2) is 5.57. The van der Waals surface area contributed by atoms with E-state index in [4.69, 9.17) is 5.11 Å². The Kier molecular flexibility index (Phi) is 4.09. The van der Waals surface area contributed by atoms with E-state index in [0.29, 0.717) is 6.54 Å². The summed E-state index contributed by atoms with van der Waals surface area (Å²) in [5.41, 5.74) is 1.13. The summed E-state index contributed by atoms with van der Waals surface area (Å²) in [7, 11) is 0. The molecule has 2 rings (SSSR count). The number of aliphatic hydroxyl groups is 1. The van der Waals surface area contributed by atoms with E-state index in [9.17, 15) is 0 Å². The van der Waals surface area contributed by atoms with Crippen LogP contribution in [0.2, 0.25) is 0 Å². The molecule has 0 spiro atoms. The van der Waals surface area contributed by atoms with Gasteiger partial charge in [0.05, 0.1) is 17.3 Å². The van der Waals surface area contributed by atoms with E-state index in [2.05, 4.69) is 21.8 Å². The molecule has 1 aliphatic carbocycles. The highest BCUT2D eigenvalue weighted by Crippen LogP contribution is 2.41. The highest BCUT2D eigenvalue weighted by molar-refractivity contribution is 7.09. The highest BCUT2D eigenvalue weighted by Gasteiger charge is 2.26. The lowest BCUT2D eigenvalue weighted by atomic mass is 10.4. The Balaban J connectivity index is 1.91. The van der Waals surface area contributed by atoms with Gasteiger partial charge in [-0.15, -0.1) is 17.9 Å². The Bertz CT molecular complexity index is 347. The van der Waals surface area contributed by atoms with Gasteiger partial charge in [-0.2, -0.15) is 0 Å². The largest absolute Gasteiger partial charge is 0.395 e. The van der Waals surface area contributed by atoms with Gasteiger partial charge in [0, 0.05) is 30.9 Å². The van der Waals surface area contributed by atoms with Crippen LogP contribution < -0.4 is 0 Å². The molecule has 1 N–H and O–H groups in total. The van der Waals surface area contributed by atoms with Crippen molar-refractivity contribution in [2.45, 2.75) is 25.3 Å². The standard InChI is InChI=1S/C12H18N2OS/c1-2-5-14(6-7-15)8-11-9-16-12(13-11)10-3-4-10/h2,9-10,15H,1,3-8H2. The van der Waals surface area contributed by atoms with Gasteiger partial charge in [0.2, 0.25) is 0 Å². The number of aromatic nitrogens is 1. The van der Waals surface area contributed by atoms with E-state index >= 15 is 0 Å². The van der Waals surface area contributed by atoms with E-state index < -0.39 is 0 Å². The molecule has 0 aliphatic heterocycles. The Hall–Kier alpha value is -0.710. The summed E-state index contributed by atoms with van der Waals surface area (Å²) in [6.07, 6.45) is 4.48. The van der Waals surface area contributed by atoms with E-state index in [1.54, 1.807) is 11.3 Å². The van der Waals surface area contributed by atoms with Crippen LogP contribution in [-0.4, -0.2) is 34.7 Å². The van der Waals surface area contributed by atoms with Gasteiger partial charge < -0.3 is 5.11 Å². The van der Waals surface area contributed by atoms with Crippen LogP contribution in [0.1, 0.15) is 29.5 Å². The van der Waals surface area contributed by atoms with Crippen LogP contribution in [0.15, 0.2) is 18.0 Å². The third kappa shape index (κ3) is 3.14. The molecule has 0 unspecified atom stereocenters. The van der Waals surface area contributed by atoms with Crippen molar-refractivity contribution in [2.24, 2.45) is 0 Å². The lowest BCUT2D eigenvalue weighted by Crippen LogP contribution is -2.26. The second-order valence-corrected chi connectivity index (χ2v) is 5.09. The first-order valence-corrected chi connectivity index (χ1v) is 6.60. The summed E-state index contributed by atoms with van der Waals surface area (Å²) >= 11 is 1.77. The first-order valence-electron chi connectivity index (χ1n) is 5.72. The van der Waals surface area contributed by atoms with Gasteiger partial charge in [0.25, 0.3) is 0 Å². The maximum absolute atomic E-state index is 8.95. The van der Waals surface area contributed by atoms with E-state index in [0.717, 1.165) is 24.7 Å². The van der Waals surface area contributed by atoms with Crippen LogP contribution in [0.25, 0.3) is 0 Å². The van der Waals surface area contributed by atoms with Crippen molar-refractivity contribution in [3.05, 3.63) is 28.7 Å². The topological polar surface area (TPSA) is 36.4 Å². The van der Waals surface area contributed by atoms with Crippen molar-refractivity contribution >= 4 is 11.3 Å². The number of rotatable bonds is 7. The van der Waals surface area contributed by atoms with Gasteiger partial charge in [-0.3, -0.25) is 4.90 Å². The molecule has 0 saturated heterocycles. The number of nitrogens with zero attached hydrogens (tertiary/aromatic N) is 2. The molecule has 1 aromatic rings. The van der Waals surface area contributed by atoms with Crippen molar-refractivity contribution in [3.63, 3.8) is 0 Å². The van der Waals surface area contributed by atoms with Crippen LogP contribution >= 0.6 is 11.3 Å². The summed E-state index contributed by atoms with van der Waals surface area (Å²) in [5, 5.41) is 12.4. The molecule has 1 saturated carbocycles. The molecule has 3 nitrogen and oxygen atoms in total. The highest BCUT2D eigenvalue weighted by atomic mass is 32.1. The number of hydrogen-bond acceptors (Lipinski definition) is 4. The maximum atomic E-state index is 8.95. The SMILES string of the molecule is C=CCN(CCO)Cc1csc(C2CC2)n1. The van der Waals surface area contributed by atoms with Gasteiger partial charge >= 0.3 is 0 Å². The number of aliphatic hydroxyl groups excluding tert-OH is 1. The average Bonchev–Trinajstić information content (AvgIpc) is 3.01. The van der Waals surface area contributed by atoms with Crippen LogP contribution in [0.4, 0.5) is 0 Å². The molecule has 0 aromatic carbocycles. The lowest BCUT2D eigenvalue weighted by Gasteiger charge is -2.17. The quantitative estimate of drug-likeness (QED) is 0.738. The maximum Gasteiger partial charge on any atom is 0.0959 e. The van der Waals surface area contributed by atoms with Crippen molar-refractivity contribution < 1.29 is 5.11 Å². The van der Waals surface area contributed by atoms with Gasteiger partial charge in [-0.25, -0.2) is 4.98 Å². The smallest absolute Gasteiger partial charge is 0.0959 e. The van der Waals surface area contributed by atoms with E-state index in [1.807, 2.05) is 6.08 Å². The second-order valence-electron chi connectivity index (χ2n) is 4.20. The number of thiazole rings is 1. The third-order valence-corrected chi connectivity index (χ3v) is 3.74. The van der Waals surface area contributed by atoms with Crippen LogP contribution in [0.5, 0.6) is 0 Å². The molecule has 88 valence electrons. The zero-order valence-corrected chi connectivity index (χ0v) is 10.2. The van der Waals surface area contributed by atoms with Crippen molar-refractivity contribution in [3.8, 4) is 0 Å². The zero-order valence-electron chi connectivity index (χ0n) is 9.43. The molecule has 1 heterocycles. The Morgan fingerprint density at radius 3 is 3.06 bits per heavy atom. The van der Waals surface area contributed by atoms with Gasteiger partial charge in [-0.05, 0) is 12.8 Å². The molecule has 0 radical (unpaired) electrons. The Labute approximate surface area is 100 Å². The minimum absolute atomic E-state index is 0.188. The summed E-state index contributed by atoms with van der Waals surface area (Å²) in [6, 6.07) is 0. The van der Waals surface area contributed by atoms with Gasteiger partial charge in [0.1, 0.15) is 0 Å². The summed E-state index contributed by atoms with van der Waals surface area (Å²) in [5.74, 6) is 0.740. The molecule has 0 amide bonds. The van der Waals surface area contributed by atoms with Crippen molar-refractivity contribution in [2.75, 3.05) is 19.7 Å². The van der Waals surface area contributed by atoms with E-state index in [1.165, 1.54) is 17.8 Å².